The Bertz CT molecular complexity index is 421. The zero-order valence-electron chi connectivity index (χ0n) is 13.2. The van der Waals surface area contributed by atoms with Crippen molar-refractivity contribution in [3.05, 3.63) is 24.2 Å². The van der Waals surface area contributed by atoms with Crippen LogP contribution >= 0.6 is 0 Å². The minimum atomic E-state index is 0.152. The average Bonchev–Trinajstić information content (AvgIpc) is 2.95. The number of furan rings is 1. The molecule has 1 aromatic heterocycles. The van der Waals surface area contributed by atoms with E-state index in [0.717, 1.165) is 31.3 Å². The third kappa shape index (κ3) is 4.49. The van der Waals surface area contributed by atoms with E-state index in [-0.39, 0.29) is 6.04 Å². The molecule has 5 heteroatoms. The lowest BCUT2D eigenvalue weighted by molar-refractivity contribution is 0.198. The van der Waals surface area contributed by atoms with Crippen molar-refractivity contribution in [2.24, 2.45) is 16.6 Å². The Balaban J connectivity index is 1.90. The fourth-order valence-electron chi connectivity index (χ4n) is 2.72. The molecule has 0 saturated heterocycles. The van der Waals surface area contributed by atoms with Gasteiger partial charge in [0, 0.05) is 6.54 Å². The molecule has 3 N–H and O–H groups in total. The van der Waals surface area contributed by atoms with E-state index in [4.69, 9.17) is 10.2 Å². The van der Waals surface area contributed by atoms with Gasteiger partial charge in [0.2, 0.25) is 0 Å². The van der Waals surface area contributed by atoms with Crippen LogP contribution in [0, 0.1) is 5.92 Å². The van der Waals surface area contributed by atoms with Crippen molar-refractivity contribution >= 4 is 5.96 Å². The average molecular weight is 292 g/mol. The molecular formula is C16H28N4O. The molecule has 0 spiro atoms. The van der Waals surface area contributed by atoms with Crippen LogP contribution in [0.4, 0.5) is 0 Å². The zero-order valence-corrected chi connectivity index (χ0v) is 13.2. The van der Waals surface area contributed by atoms with Crippen LogP contribution in [0.15, 0.2) is 27.8 Å². The van der Waals surface area contributed by atoms with Gasteiger partial charge in [0.1, 0.15) is 5.76 Å². The summed E-state index contributed by atoms with van der Waals surface area (Å²) in [4.78, 5) is 6.84. The Labute approximate surface area is 127 Å². The SMILES string of the molecule is CCN(CC)C(CN=C(N)NCC1CCC1)c1ccco1. The Hall–Kier alpha value is -1.49. The van der Waals surface area contributed by atoms with Crippen molar-refractivity contribution in [2.45, 2.75) is 39.2 Å². The van der Waals surface area contributed by atoms with Gasteiger partial charge < -0.3 is 15.5 Å². The number of nitrogens with one attached hydrogen (secondary N) is 1. The van der Waals surface area contributed by atoms with Gasteiger partial charge in [-0.3, -0.25) is 9.89 Å². The summed E-state index contributed by atoms with van der Waals surface area (Å²) >= 11 is 0. The molecule has 21 heavy (non-hydrogen) atoms. The van der Waals surface area contributed by atoms with Crippen LogP contribution < -0.4 is 11.1 Å². The first kappa shape index (κ1) is 15.9. The summed E-state index contributed by atoms with van der Waals surface area (Å²) in [5.74, 6) is 2.28. The molecule has 0 aromatic carbocycles. The molecule has 2 rings (SSSR count). The lowest BCUT2D eigenvalue weighted by Gasteiger charge is -2.27. The zero-order chi connectivity index (χ0) is 15.1. The van der Waals surface area contributed by atoms with Crippen molar-refractivity contribution in [3.63, 3.8) is 0 Å². The number of nitrogens with zero attached hydrogens (tertiary/aromatic N) is 2. The van der Waals surface area contributed by atoms with Crippen LogP contribution in [0.25, 0.3) is 0 Å². The second-order valence-electron chi connectivity index (χ2n) is 5.66. The highest BCUT2D eigenvalue weighted by Crippen LogP contribution is 2.25. The summed E-state index contributed by atoms with van der Waals surface area (Å²) in [5.41, 5.74) is 5.98. The number of hydrogen-bond donors (Lipinski definition) is 2. The fourth-order valence-corrected chi connectivity index (χ4v) is 2.72. The molecule has 0 amide bonds. The van der Waals surface area contributed by atoms with E-state index in [9.17, 15) is 0 Å². The molecule has 1 unspecified atom stereocenters. The lowest BCUT2D eigenvalue weighted by atomic mass is 9.85. The number of likely N-dealkylation sites (N-methyl/N-ethyl adjacent to an activating group) is 1. The van der Waals surface area contributed by atoms with Gasteiger partial charge in [0.25, 0.3) is 0 Å². The summed E-state index contributed by atoms with van der Waals surface area (Å²) in [5, 5.41) is 3.24. The first-order chi connectivity index (χ1) is 10.2. The molecule has 0 radical (unpaired) electrons. The maximum atomic E-state index is 5.98. The van der Waals surface area contributed by atoms with Gasteiger partial charge in [0.15, 0.2) is 5.96 Å². The monoisotopic (exact) mass is 292 g/mol. The maximum Gasteiger partial charge on any atom is 0.188 e. The van der Waals surface area contributed by atoms with Crippen LogP contribution in [-0.2, 0) is 0 Å². The van der Waals surface area contributed by atoms with Gasteiger partial charge in [-0.25, -0.2) is 0 Å². The van der Waals surface area contributed by atoms with Crippen molar-refractivity contribution < 1.29 is 4.42 Å². The van der Waals surface area contributed by atoms with Crippen LogP contribution in [0.3, 0.4) is 0 Å². The van der Waals surface area contributed by atoms with E-state index in [1.165, 1.54) is 19.3 Å². The molecule has 1 fully saturated rings. The van der Waals surface area contributed by atoms with Crippen LogP contribution in [-0.4, -0.2) is 37.0 Å². The Kier molecular flexibility index (Phi) is 6.11. The van der Waals surface area contributed by atoms with Gasteiger partial charge >= 0.3 is 0 Å². The van der Waals surface area contributed by atoms with E-state index in [1.54, 1.807) is 6.26 Å². The largest absolute Gasteiger partial charge is 0.468 e. The number of hydrogen-bond acceptors (Lipinski definition) is 3. The van der Waals surface area contributed by atoms with E-state index in [0.29, 0.717) is 12.5 Å². The summed E-state index contributed by atoms with van der Waals surface area (Å²) in [6.45, 7) is 7.81. The molecule has 1 aromatic rings. The summed E-state index contributed by atoms with van der Waals surface area (Å²) in [6, 6.07) is 4.09. The smallest absolute Gasteiger partial charge is 0.188 e. The summed E-state index contributed by atoms with van der Waals surface area (Å²) < 4.78 is 5.57. The predicted octanol–water partition coefficient (Wildman–Crippen LogP) is 2.37. The first-order valence-electron chi connectivity index (χ1n) is 8.05. The van der Waals surface area contributed by atoms with Gasteiger partial charge in [-0.15, -0.1) is 0 Å². The quantitative estimate of drug-likeness (QED) is 0.570. The third-order valence-corrected chi connectivity index (χ3v) is 4.36. The Morgan fingerprint density at radius 2 is 2.24 bits per heavy atom. The molecule has 0 bridgehead atoms. The first-order valence-corrected chi connectivity index (χ1v) is 8.05. The van der Waals surface area contributed by atoms with Gasteiger partial charge in [0.05, 0.1) is 18.8 Å². The highest BCUT2D eigenvalue weighted by atomic mass is 16.3. The van der Waals surface area contributed by atoms with Gasteiger partial charge in [-0.1, -0.05) is 20.3 Å². The normalized spacial score (nSPS) is 17.8. The lowest BCUT2D eigenvalue weighted by Crippen LogP contribution is -2.38. The molecule has 1 aliphatic carbocycles. The Morgan fingerprint density at radius 3 is 2.76 bits per heavy atom. The standard InChI is InChI=1S/C16H28N4O/c1-3-20(4-2)14(15-9-6-10-21-15)12-19-16(17)18-11-13-7-5-8-13/h6,9-10,13-14H,3-5,7-8,11-12H2,1-2H3,(H3,17,18,19). The minimum absolute atomic E-state index is 0.152. The molecule has 1 saturated carbocycles. The Morgan fingerprint density at radius 1 is 1.48 bits per heavy atom. The minimum Gasteiger partial charge on any atom is -0.468 e. The molecule has 0 aliphatic heterocycles. The molecule has 1 atom stereocenters. The molecule has 1 heterocycles. The topological polar surface area (TPSA) is 66.8 Å². The number of rotatable bonds is 8. The van der Waals surface area contributed by atoms with Crippen molar-refractivity contribution in [2.75, 3.05) is 26.2 Å². The van der Waals surface area contributed by atoms with Gasteiger partial charge in [-0.05, 0) is 44.0 Å². The second-order valence-corrected chi connectivity index (χ2v) is 5.66. The number of nitrogens with two attached hydrogens (primary N) is 1. The molecule has 1 aliphatic rings. The second kappa shape index (κ2) is 8.08. The molecular weight excluding hydrogens is 264 g/mol. The van der Waals surface area contributed by atoms with E-state index in [2.05, 4.69) is 29.1 Å². The van der Waals surface area contributed by atoms with Crippen LogP contribution in [0.2, 0.25) is 0 Å². The van der Waals surface area contributed by atoms with Crippen LogP contribution in [0.5, 0.6) is 0 Å². The van der Waals surface area contributed by atoms with Crippen LogP contribution in [0.1, 0.15) is 44.9 Å². The van der Waals surface area contributed by atoms with Crippen molar-refractivity contribution in [3.8, 4) is 0 Å². The van der Waals surface area contributed by atoms with E-state index < -0.39 is 0 Å². The number of aliphatic imine (C=N–C) groups is 1. The highest BCUT2D eigenvalue weighted by Gasteiger charge is 2.20. The fraction of sp³-hybridized carbons (Fsp3) is 0.688. The molecule has 5 nitrogen and oxygen atoms in total. The summed E-state index contributed by atoms with van der Waals surface area (Å²) in [7, 11) is 0. The third-order valence-electron chi connectivity index (χ3n) is 4.36. The van der Waals surface area contributed by atoms with Crippen molar-refractivity contribution in [1.82, 2.24) is 10.2 Å². The number of guanidine groups is 1. The highest BCUT2D eigenvalue weighted by molar-refractivity contribution is 5.77. The van der Waals surface area contributed by atoms with Gasteiger partial charge in [-0.2, -0.15) is 0 Å². The summed E-state index contributed by atoms with van der Waals surface area (Å²) in [6.07, 6.45) is 5.70. The maximum absolute atomic E-state index is 5.98. The van der Waals surface area contributed by atoms with Crippen molar-refractivity contribution in [1.29, 1.82) is 0 Å². The molecule has 118 valence electrons. The van der Waals surface area contributed by atoms with E-state index >= 15 is 0 Å². The predicted molar refractivity (Wildman–Crippen MR) is 86.2 cm³/mol. The van der Waals surface area contributed by atoms with E-state index in [1.807, 2.05) is 12.1 Å².